The van der Waals surface area contributed by atoms with E-state index in [9.17, 15) is 5.26 Å². The van der Waals surface area contributed by atoms with E-state index in [2.05, 4.69) is 67.6 Å². The van der Waals surface area contributed by atoms with Crippen LogP contribution in [0.4, 0.5) is 5.69 Å². The molecular formula is C27H35N4O2P. The van der Waals surface area contributed by atoms with E-state index < -0.39 is 8.53 Å². The summed E-state index contributed by atoms with van der Waals surface area (Å²) in [4.78, 5) is 2.59. The lowest BCUT2D eigenvalue weighted by molar-refractivity contribution is 0.105. The van der Waals surface area contributed by atoms with Crippen molar-refractivity contribution in [2.75, 3.05) is 11.5 Å². The van der Waals surface area contributed by atoms with Gasteiger partial charge < -0.3 is 13.9 Å². The molecule has 0 radical (unpaired) electrons. The van der Waals surface area contributed by atoms with Gasteiger partial charge in [0, 0.05) is 40.6 Å². The van der Waals surface area contributed by atoms with E-state index >= 15 is 0 Å². The van der Waals surface area contributed by atoms with Gasteiger partial charge in [0.15, 0.2) is 0 Å². The van der Waals surface area contributed by atoms with Crippen molar-refractivity contribution in [3.05, 3.63) is 42.0 Å². The van der Waals surface area contributed by atoms with E-state index in [0.29, 0.717) is 37.2 Å². The van der Waals surface area contributed by atoms with Crippen LogP contribution < -0.4 is 4.90 Å². The zero-order valence-corrected chi connectivity index (χ0v) is 21.5. The van der Waals surface area contributed by atoms with Crippen molar-refractivity contribution >= 4 is 25.0 Å². The number of nitriles is 2. The fourth-order valence-electron chi connectivity index (χ4n) is 5.63. The van der Waals surface area contributed by atoms with E-state index in [1.54, 1.807) is 0 Å². The van der Waals surface area contributed by atoms with Crippen LogP contribution in [0.5, 0.6) is 0 Å². The van der Waals surface area contributed by atoms with Gasteiger partial charge in [0.25, 0.3) is 8.53 Å². The molecule has 2 aliphatic rings. The topological polar surface area (TPSA) is 72.5 Å². The Morgan fingerprint density at radius 3 is 2.24 bits per heavy atom. The Balaban J connectivity index is 1.54. The molecule has 2 fully saturated rings. The standard InChI is InChI=1S/C27H35N4O2P/c1-19(2)31(20(3)4)34(32-15-7-14-28)33-24-16-22-11-12-23(17-24)30(22)27-13-10-21(18-29)25-8-5-6-9-26(25)27/h5-6,8-10,13,19-20,22-24H,7,11-12,15-17H2,1-4H3. The van der Waals surface area contributed by atoms with Crippen LogP contribution in [-0.4, -0.2) is 41.5 Å². The Hall–Kier alpha value is -2.21. The first-order valence-corrected chi connectivity index (χ1v) is 13.5. The molecule has 2 heterocycles. The molecule has 2 bridgehead atoms. The molecule has 2 aliphatic heterocycles. The maximum absolute atomic E-state index is 9.56. The quantitative estimate of drug-likeness (QED) is 0.302. The summed E-state index contributed by atoms with van der Waals surface area (Å²) in [6, 6.07) is 18.3. The molecule has 0 spiro atoms. The predicted octanol–water partition coefficient (Wildman–Crippen LogP) is 6.50. The molecule has 2 saturated heterocycles. The summed E-state index contributed by atoms with van der Waals surface area (Å²) in [5.74, 6) is 0. The number of hydrogen-bond donors (Lipinski definition) is 0. The van der Waals surface area contributed by atoms with Crippen molar-refractivity contribution in [2.24, 2.45) is 0 Å². The average molecular weight is 479 g/mol. The molecule has 34 heavy (non-hydrogen) atoms. The maximum atomic E-state index is 9.56. The van der Waals surface area contributed by atoms with Crippen LogP contribution in [0.15, 0.2) is 36.4 Å². The molecule has 4 rings (SSSR count). The van der Waals surface area contributed by atoms with Crippen molar-refractivity contribution < 1.29 is 9.05 Å². The van der Waals surface area contributed by atoms with E-state index in [1.165, 1.54) is 5.69 Å². The Labute approximate surface area is 205 Å². The fraction of sp³-hybridized carbons (Fsp3) is 0.556. The molecule has 3 atom stereocenters. The monoisotopic (exact) mass is 478 g/mol. The Morgan fingerprint density at radius 1 is 1.00 bits per heavy atom. The van der Waals surface area contributed by atoms with Crippen LogP contribution in [0.25, 0.3) is 10.8 Å². The van der Waals surface area contributed by atoms with Crippen molar-refractivity contribution in [1.29, 1.82) is 10.5 Å². The Kier molecular flexibility index (Phi) is 8.07. The first-order valence-electron chi connectivity index (χ1n) is 12.4. The average Bonchev–Trinajstić information content (AvgIpc) is 3.07. The predicted molar refractivity (Wildman–Crippen MR) is 137 cm³/mol. The number of rotatable bonds is 9. The largest absolute Gasteiger partial charge is 0.365 e. The molecule has 7 heteroatoms. The highest BCUT2D eigenvalue weighted by Gasteiger charge is 2.43. The number of fused-ring (bicyclic) bond motifs is 3. The molecule has 0 saturated carbocycles. The lowest BCUT2D eigenvalue weighted by Crippen LogP contribution is -2.46. The summed E-state index contributed by atoms with van der Waals surface area (Å²) in [5, 5.41) is 20.7. The third-order valence-electron chi connectivity index (χ3n) is 6.89. The van der Waals surface area contributed by atoms with Crippen LogP contribution in [0, 0.1) is 22.7 Å². The molecule has 2 aromatic rings. The van der Waals surface area contributed by atoms with Crippen molar-refractivity contribution in [1.82, 2.24) is 4.67 Å². The number of nitrogens with zero attached hydrogens (tertiary/aromatic N) is 4. The number of anilines is 1. The fourth-order valence-corrected chi connectivity index (χ4v) is 7.37. The highest BCUT2D eigenvalue weighted by molar-refractivity contribution is 7.44. The smallest absolute Gasteiger partial charge is 0.259 e. The van der Waals surface area contributed by atoms with Gasteiger partial charge in [-0.3, -0.25) is 0 Å². The van der Waals surface area contributed by atoms with Gasteiger partial charge in [-0.1, -0.05) is 24.3 Å². The normalized spacial score (nSPS) is 23.0. The second-order valence-corrected chi connectivity index (χ2v) is 11.2. The second-order valence-electron chi connectivity index (χ2n) is 9.83. The lowest BCUT2D eigenvalue weighted by Gasteiger charge is -2.43. The molecule has 0 aromatic heterocycles. The van der Waals surface area contributed by atoms with Crippen LogP contribution in [0.2, 0.25) is 0 Å². The first kappa shape index (κ1) is 24.9. The van der Waals surface area contributed by atoms with Crippen LogP contribution in [-0.2, 0) is 9.05 Å². The Bertz CT molecular complexity index is 1050. The molecule has 6 nitrogen and oxygen atoms in total. The van der Waals surface area contributed by atoms with Crippen molar-refractivity contribution in [3.63, 3.8) is 0 Å². The molecule has 180 valence electrons. The zero-order chi connectivity index (χ0) is 24.2. The minimum Gasteiger partial charge on any atom is -0.365 e. The lowest BCUT2D eigenvalue weighted by atomic mass is 9.96. The van der Waals surface area contributed by atoms with E-state index in [-0.39, 0.29) is 6.10 Å². The zero-order valence-electron chi connectivity index (χ0n) is 20.6. The van der Waals surface area contributed by atoms with E-state index in [1.807, 2.05) is 18.2 Å². The highest BCUT2D eigenvalue weighted by Crippen LogP contribution is 2.51. The van der Waals surface area contributed by atoms with E-state index in [4.69, 9.17) is 14.3 Å². The summed E-state index contributed by atoms with van der Waals surface area (Å²) >= 11 is 0. The van der Waals surface area contributed by atoms with Gasteiger partial charge in [-0.25, -0.2) is 4.67 Å². The van der Waals surface area contributed by atoms with Gasteiger partial charge in [-0.05, 0) is 65.5 Å². The van der Waals surface area contributed by atoms with Crippen molar-refractivity contribution in [2.45, 2.75) is 90.1 Å². The third kappa shape index (κ3) is 5.07. The number of benzene rings is 2. The Morgan fingerprint density at radius 2 is 1.65 bits per heavy atom. The SMILES string of the molecule is CC(C)N(C(C)C)P(OCCC#N)OC1CC2CCC(C1)N2c1ccc(C#N)c2ccccc12. The highest BCUT2D eigenvalue weighted by atomic mass is 31.2. The molecule has 0 amide bonds. The van der Waals surface area contributed by atoms with Crippen LogP contribution in [0.3, 0.4) is 0 Å². The molecule has 0 N–H and O–H groups in total. The first-order chi connectivity index (χ1) is 16.4. The second kappa shape index (κ2) is 11.0. The number of piperidine rings is 1. The molecular weight excluding hydrogens is 443 g/mol. The van der Waals surface area contributed by atoms with Gasteiger partial charge >= 0.3 is 0 Å². The summed E-state index contributed by atoms with van der Waals surface area (Å²) in [7, 11) is -1.22. The molecule has 2 aromatic carbocycles. The van der Waals surface area contributed by atoms with Crippen LogP contribution >= 0.6 is 8.53 Å². The minimum atomic E-state index is -1.22. The summed E-state index contributed by atoms with van der Waals surface area (Å²) in [6.07, 6.45) is 4.77. The summed E-state index contributed by atoms with van der Waals surface area (Å²) in [5.41, 5.74) is 1.96. The van der Waals surface area contributed by atoms with Crippen molar-refractivity contribution in [3.8, 4) is 12.1 Å². The van der Waals surface area contributed by atoms with Gasteiger partial charge in [0.05, 0.1) is 36.8 Å². The van der Waals surface area contributed by atoms with E-state index in [0.717, 1.165) is 42.0 Å². The summed E-state index contributed by atoms with van der Waals surface area (Å²) < 4.78 is 15.2. The maximum Gasteiger partial charge on any atom is 0.259 e. The third-order valence-corrected chi connectivity index (χ3v) is 9.07. The number of hydrogen-bond acceptors (Lipinski definition) is 6. The van der Waals surface area contributed by atoms with Crippen LogP contribution in [0.1, 0.15) is 65.4 Å². The summed E-state index contributed by atoms with van der Waals surface area (Å²) in [6.45, 7) is 9.10. The minimum absolute atomic E-state index is 0.145. The van der Waals surface area contributed by atoms with Gasteiger partial charge in [0.2, 0.25) is 0 Å². The van der Waals surface area contributed by atoms with Gasteiger partial charge in [0.1, 0.15) is 0 Å². The van der Waals surface area contributed by atoms with Gasteiger partial charge in [-0.2, -0.15) is 10.5 Å². The molecule has 3 unspecified atom stereocenters. The van der Waals surface area contributed by atoms with Gasteiger partial charge in [-0.15, -0.1) is 0 Å². The molecule has 0 aliphatic carbocycles.